The summed E-state index contributed by atoms with van der Waals surface area (Å²) in [7, 11) is 0. The number of rotatable bonds is 6. The first-order chi connectivity index (χ1) is 11.1. The number of carbonyl (C=O) groups excluding carboxylic acids is 2. The fourth-order valence-electron chi connectivity index (χ4n) is 2.74. The van der Waals surface area contributed by atoms with Crippen LogP contribution in [0.2, 0.25) is 0 Å². The SMILES string of the molecule is CCNC(=O)[C@H](C)NC(=O)Cn1c(C2CC2)nc2ccccc21. The quantitative estimate of drug-likeness (QED) is 0.849. The predicted molar refractivity (Wildman–Crippen MR) is 88.0 cm³/mol. The highest BCUT2D eigenvalue weighted by Crippen LogP contribution is 2.40. The third-order valence-corrected chi connectivity index (χ3v) is 4.05. The van der Waals surface area contributed by atoms with Gasteiger partial charge in [-0.1, -0.05) is 12.1 Å². The predicted octanol–water partition coefficient (Wildman–Crippen LogP) is 1.55. The van der Waals surface area contributed by atoms with Gasteiger partial charge in [-0.25, -0.2) is 4.98 Å². The molecule has 23 heavy (non-hydrogen) atoms. The highest BCUT2D eigenvalue weighted by atomic mass is 16.2. The van der Waals surface area contributed by atoms with Crippen molar-refractivity contribution in [3.63, 3.8) is 0 Å². The second kappa shape index (κ2) is 6.40. The lowest BCUT2D eigenvalue weighted by Crippen LogP contribution is -2.45. The summed E-state index contributed by atoms with van der Waals surface area (Å²) in [6.45, 7) is 4.29. The first-order valence-electron chi connectivity index (χ1n) is 8.12. The average molecular weight is 314 g/mol. The highest BCUT2D eigenvalue weighted by molar-refractivity contribution is 5.88. The van der Waals surface area contributed by atoms with Crippen molar-refractivity contribution in [2.45, 2.75) is 45.2 Å². The minimum absolute atomic E-state index is 0.168. The van der Waals surface area contributed by atoms with E-state index in [-0.39, 0.29) is 18.4 Å². The van der Waals surface area contributed by atoms with Gasteiger partial charge in [-0.3, -0.25) is 9.59 Å². The maximum Gasteiger partial charge on any atom is 0.242 e. The fraction of sp³-hybridized carbons (Fsp3) is 0.471. The topological polar surface area (TPSA) is 76.0 Å². The minimum Gasteiger partial charge on any atom is -0.355 e. The van der Waals surface area contributed by atoms with Crippen LogP contribution < -0.4 is 10.6 Å². The molecule has 3 rings (SSSR count). The number of imidazole rings is 1. The van der Waals surface area contributed by atoms with Crippen molar-refractivity contribution in [1.29, 1.82) is 0 Å². The molecule has 1 aromatic heterocycles. The third-order valence-electron chi connectivity index (χ3n) is 4.05. The average Bonchev–Trinajstić information content (AvgIpc) is 3.31. The van der Waals surface area contributed by atoms with Crippen LogP contribution >= 0.6 is 0 Å². The summed E-state index contributed by atoms with van der Waals surface area (Å²) in [6, 6.07) is 7.31. The van der Waals surface area contributed by atoms with Gasteiger partial charge < -0.3 is 15.2 Å². The molecule has 1 heterocycles. The Kier molecular flexibility index (Phi) is 4.32. The largest absolute Gasteiger partial charge is 0.355 e. The van der Waals surface area contributed by atoms with Crippen molar-refractivity contribution in [3.05, 3.63) is 30.1 Å². The van der Waals surface area contributed by atoms with E-state index in [1.807, 2.05) is 35.8 Å². The number of hydrogen-bond donors (Lipinski definition) is 2. The number of nitrogens with one attached hydrogen (secondary N) is 2. The zero-order chi connectivity index (χ0) is 16.4. The molecule has 0 radical (unpaired) electrons. The van der Waals surface area contributed by atoms with Gasteiger partial charge in [0.2, 0.25) is 11.8 Å². The van der Waals surface area contributed by atoms with E-state index < -0.39 is 6.04 Å². The van der Waals surface area contributed by atoms with Crippen LogP contribution in [0.4, 0.5) is 0 Å². The van der Waals surface area contributed by atoms with Gasteiger partial charge in [-0.15, -0.1) is 0 Å². The molecule has 2 N–H and O–H groups in total. The Morgan fingerprint density at radius 2 is 2.09 bits per heavy atom. The summed E-state index contributed by atoms with van der Waals surface area (Å²) < 4.78 is 1.98. The Bertz CT molecular complexity index is 733. The van der Waals surface area contributed by atoms with Crippen molar-refractivity contribution in [3.8, 4) is 0 Å². The van der Waals surface area contributed by atoms with Crippen molar-refractivity contribution >= 4 is 22.8 Å². The summed E-state index contributed by atoms with van der Waals surface area (Å²) in [5.41, 5.74) is 1.88. The van der Waals surface area contributed by atoms with Gasteiger partial charge in [0.25, 0.3) is 0 Å². The Hall–Kier alpha value is -2.37. The Balaban J connectivity index is 1.77. The summed E-state index contributed by atoms with van der Waals surface area (Å²) in [6.07, 6.45) is 2.25. The summed E-state index contributed by atoms with van der Waals surface area (Å²) >= 11 is 0. The maximum atomic E-state index is 12.3. The van der Waals surface area contributed by atoms with E-state index in [4.69, 9.17) is 0 Å². The van der Waals surface area contributed by atoms with Crippen LogP contribution in [-0.4, -0.2) is 34.0 Å². The second-order valence-corrected chi connectivity index (χ2v) is 6.00. The molecule has 0 spiro atoms. The van der Waals surface area contributed by atoms with Gasteiger partial charge in [-0.2, -0.15) is 0 Å². The Morgan fingerprint density at radius 1 is 1.35 bits per heavy atom. The molecule has 1 saturated carbocycles. The first kappa shape index (κ1) is 15.5. The van der Waals surface area contributed by atoms with Crippen molar-refractivity contribution < 1.29 is 9.59 Å². The molecule has 1 atom stereocenters. The fourth-order valence-corrected chi connectivity index (χ4v) is 2.74. The lowest BCUT2D eigenvalue weighted by molar-refractivity contribution is -0.128. The number of benzene rings is 1. The Labute approximate surface area is 135 Å². The van der Waals surface area contributed by atoms with Crippen LogP contribution in [0.15, 0.2) is 24.3 Å². The molecule has 122 valence electrons. The number of amides is 2. The lowest BCUT2D eigenvalue weighted by atomic mass is 10.3. The van der Waals surface area contributed by atoms with E-state index in [1.54, 1.807) is 6.92 Å². The molecule has 6 heteroatoms. The minimum atomic E-state index is -0.540. The molecule has 2 amide bonds. The first-order valence-corrected chi connectivity index (χ1v) is 8.12. The van der Waals surface area contributed by atoms with E-state index in [0.29, 0.717) is 12.5 Å². The molecular weight excluding hydrogens is 292 g/mol. The van der Waals surface area contributed by atoms with Crippen LogP contribution in [0.5, 0.6) is 0 Å². The van der Waals surface area contributed by atoms with E-state index in [1.165, 1.54) is 0 Å². The molecule has 0 bridgehead atoms. The maximum absolute atomic E-state index is 12.3. The van der Waals surface area contributed by atoms with Crippen LogP contribution in [0, 0.1) is 0 Å². The van der Waals surface area contributed by atoms with E-state index in [9.17, 15) is 9.59 Å². The molecule has 0 aliphatic heterocycles. The van der Waals surface area contributed by atoms with Gasteiger partial charge in [0, 0.05) is 12.5 Å². The van der Waals surface area contributed by atoms with Crippen LogP contribution in [-0.2, 0) is 16.1 Å². The van der Waals surface area contributed by atoms with E-state index >= 15 is 0 Å². The zero-order valence-corrected chi connectivity index (χ0v) is 13.5. The van der Waals surface area contributed by atoms with E-state index in [2.05, 4.69) is 15.6 Å². The zero-order valence-electron chi connectivity index (χ0n) is 13.5. The number of carbonyl (C=O) groups is 2. The van der Waals surface area contributed by atoms with E-state index in [0.717, 1.165) is 29.7 Å². The van der Waals surface area contributed by atoms with Gasteiger partial charge in [0.15, 0.2) is 0 Å². The van der Waals surface area contributed by atoms with Gasteiger partial charge in [0.1, 0.15) is 18.4 Å². The Morgan fingerprint density at radius 3 is 2.78 bits per heavy atom. The number of nitrogens with zero attached hydrogens (tertiary/aromatic N) is 2. The smallest absolute Gasteiger partial charge is 0.242 e. The van der Waals surface area contributed by atoms with Crippen LogP contribution in [0.3, 0.4) is 0 Å². The van der Waals surface area contributed by atoms with Gasteiger partial charge in [-0.05, 0) is 38.8 Å². The number of likely N-dealkylation sites (N-methyl/N-ethyl adjacent to an activating group) is 1. The summed E-state index contributed by atoms with van der Waals surface area (Å²) in [4.78, 5) is 28.7. The van der Waals surface area contributed by atoms with Crippen molar-refractivity contribution in [1.82, 2.24) is 20.2 Å². The molecule has 1 fully saturated rings. The number of hydrogen-bond acceptors (Lipinski definition) is 3. The molecule has 1 aliphatic rings. The highest BCUT2D eigenvalue weighted by Gasteiger charge is 2.30. The molecule has 0 saturated heterocycles. The van der Waals surface area contributed by atoms with Crippen LogP contribution in [0.25, 0.3) is 11.0 Å². The van der Waals surface area contributed by atoms with Crippen molar-refractivity contribution in [2.75, 3.05) is 6.54 Å². The molecule has 1 aliphatic carbocycles. The molecule has 1 aromatic carbocycles. The molecule has 6 nitrogen and oxygen atoms in total. The van der Waals surface area contributed by atoms with Crippen LogP contribution in [0.1, 0.15) is 38.4 Å². The number of aromatic nitrogens is 2. The second-order valence-electron chi connectivity index (χ2n) is 6.00. The normalized spacial score (nSPS) is 15.4. The standard InChI is InChI=1S/C17H22N4O2/c1-3-18-17(23)11(2)19-15(22)10-21-14-7-5-4-6-13(14)20-16(21)12-8-9-12/h4-7,11-12H,3,8-10H2,1-2H3,(H,18,23)(H,19,22)/t11-/m0/s1. The summed E-state index contributed by atoms with van der Waals surface area (Å²) in [5.74, 6) is 1.09. The van der Waals surface area contributed by atoms with Crippen molar-refractivity contribution in [2.24, 2.45) is 0 Å². The lowest BCUT2D eigenvalue weighted by Gasteiger charge is -2.14. The van der Waals surface area contributed by atoms with Gasteiger partial charge >= 0.3 is 0 Å². The third kappa shape index (κ3) is 3.36. The molecular formula is C17H22N4O2. The summed E-state index contributed by atoms with van der Waals surface area (Å²) in [5, 5.41) is 5.46. The van der Waals surface area contributed by atoms with Gasteiger partial charge in [0.05, 0.1) is 11.0 Å². The molecule has 0 unspecified atom stereocenters. The number of para-hydroxylation sites is 2. The monoisotopic (exact) mass is 314 g/mol. The molecule has 2 aromatic rings. The number of fused-ring (bicyclic) bond motifs is 1.